The summed E-state index contributed by atoms with van der Waals surface area (Å²) >= 11 is 6.23. The highest BCUT2D eigenvalue weighted by atomic mass is 35.5. The van der Waals surface area contributed by atoms with E-state index in [9.17, 15) is 8.42 Å². The molecule has 1 fully saturated rings. The smallest absolute Gasteiger partial charge is 0.244 e. The van der Waals surface area contributed by atoms with Crippen molar-refractivity contribution in [3.05, 3.63) is 60.4 Å². The average Bonchev–Trinajstić information content (AvgIpc) is 3.45. The van der Waals surface area contributed by atoms with E-state index in [0.717, 1.165) is 41.8 Å². The van der Waals surface area contributed by atoms with Crippen LogP contribution in [0.4, 0.5) is 5.82 Å². The summed E-state index contributed by atoms with van der Waals surface area (Å²) in [5, 5.41) is 5.54. The Hall–Kier alpha value is -2.95. The van der Waals surface area contributed by atoms with Crippen molar-refractivity contribution < 1.29 is 8.42 Å². The molecule has 1 saturated heterocycles. The normalized spacial score (nSPS) is 17.2. The number of halogens is 1. The third-order valence-electron chi connectivity index (χ3n) is 5.58. The molecular weight excluding hydrogens is 450 g/mol. The third kappa shape index (κ3) is 4.08. The monoisotopic (exact) mass is 471 g/mol. The molecule has 11 heteroatoms. The number of benzene rings is 1. The fourth-order valence-electron chi connectivity index (χ4n) is 4.05. The molecule has 166 valence electrons. The summed E-state index contributed by atoms with van der Waals surface area (Å²) in [5.41, 5.74) is 1.72. The molecule has 1 atom stereocenters. The number of hydrogen-bond acceptors (Lipinski definition) is 6. The van der Waals surface area contributed by atoms with Crippen LogP contribution in [0.25, 0.3) is 16.6 Å². The largest absolute Gasteiger partial charge is 0.355 e. The molecule has 3 aromatic heterocycles. The van der Waals surface area contributed by atoms with E-state index in [-0.39, 0.29) is 10.9 Å². The number of hydrogen-bond donors (Lipinski definition) is 1. The summed E-state index contributed by atoms with van der Waals surface area (Å²) in [6, 6.07) is 7.41. The number of aromatic nitrogens is 5. The van der Waals surface area contributed by atoms with E-state index in [1.807, 2.05) is 35.0 Å². The number of nitrogens with one attached hydrogen (secondary N) is 1. The summed E-state index contributed by atoms with van der Waals surface area (Å²) in [6.07, 6.45) is 9.80. The molecule has 5 rings (SSSR count). The van der Waals surface area contributed by atoms with Crippen molar-refractivity contribution in [2.45, 2.75) is 23.8 Å². The van der Waals surface area contributed by atoms with E-state index in [4.69, 9.17) is 16.6 Å². The minimum Gasteiger partial charge on any atom is -0.355 e. The molecule has 0 amide bonds. The predicted molar refractivity (Wildman–Crippen MR) is 123 cm³/mol. The Labute approximate surface area is 190 Å². The molecule has 1 N–H and O–H groups in total. The van der Waals surface area contributed by atoms with E-state index >= 15 is 0 Å². The van der Waals surface area contributed by atoms with Crippen molar-refractivity contribution >= 4 is 38.3 Å². The lowest BCUT2D eigenvalue weighted by Gasteiger charge is -2.34. The highest BCUT2D eigenvalue weighted by molar-refractivity contribution is 7.89. The molecule has 4 aromatic rings. The molecule has 4 heterocycles. The van der Waals surface area contributed by atoms with Gasteiger partial charge in [0.2, 0.25) is 10.0 Å². The van der Waals surface area contributed by atoms with Gasteiger partial charge >= 0.3 is 0 Å². The molecule has 32 heavy (non-hydrogen) atoms. The fraction of sp³-hybridized carbons (Fsp3) is 0.286. The number of sulfonamides is 1. The summed E-state index contributed by atoms with van der Waals surface area (Å²) in [7, 11) is -1.95. The van der Waals surface area contributed by atoms with Crippen LogP contribution in [0.5, 0.6) is 0 Å². The third-order valence-corrected chi connectivity index (χ3v) is 7.29. The number of anilines is 1. The number of nitrogens with zero attached hydrogens (tertiary/aromatic N) is 6. The maximum atomic E-state index is 12.8. The Kier molecular flexibility index (Phi) is 5.36. The van der Waals surface area contributed by atoms with Gasteiger partial charge in [0.1, 0.15) is 10.7 Å². The summed E-state index contributed by atoms with van der Waals surface area (Å²) in [5.74, 6) is 0.772. The number of piperidine rings is 1. The molecule has 0 radical (unpaired) electrons. The molecular formula is C21H22ClN7O2S. The molecule has 0 aliphatic carbocycles. The van der Waals surface area contributed by atoms with Gasteiger partial charge in [-0.2, -0.15) is 5.10 Å². The summed E-state index contributed by atoms with van der Waals surface area (Å²) in [4.78, 5) is 11.3. The van der Waals surface area contributed by atoms with Crippen LogP contribution >= 0.6 is 11.6 Å². The highest BCUT2D eigenvalue weighted by Crippen LogP contribution is 2.29. The zero-order valence-electron chi connectivity index (χ0n) is 17.4. The predicted octanol–water partition coefficient (Wildman–Crippen LogP) is 2.75. The van der Waals surface area contributed by atoms with Crippen LogP contribution in [0.3, 0.4) is 0 Å². The Morgan fingerprint density at radius 2 is 2.12 bits per heavy atom. The molecule has 1 aliphatic heterocycles. The Morgan fingerprint density at radius 3 is 2.88 bits per heavy atom. The van der Waals surface area contributed by atoms with Crippen LogP contribution in [0, 0.1) is 0 Å². The van der Waals surface area contributed by atoms with Gasteiger partial charge < -0.3 is 9.47 Å². The van der Waals surface area contributed by atoms with Crippen molar-refractivity contribution in [3.63, 3.8) is 0 Å². The van der Waals surface area contributed by atoms with Crippen LogP contribution in [0.2, 0.25) is 5.02 Å². The first-order chi connectivity index (χ1) is 15.4. The molecule has 9 nitrogen and oxygen atoms in total. The van der Waals surface area contributed by atoms with Gasteiger partial charge in [0.05, 0.1) is 23.7 Å². The highest BCUT2D eigenvalue weighted by Gasteiger charge is 2.27. The van der Waals surface area contributed by atoms with Gasteiger partial charge in [-0.1, -0.05) is 11.6 Å². The lowest BCUT2D eigenvalue weighted by atomic mass is 10.1. The number of aryl methyl sites for hydroxylation is 1. The fourth-order valence-corrected chi connectivity index (χ4v) is 5.46. The van der Waals surface area contributed by atoms with Crippen molar-refractivity contribution in [3.8, 4) is 5.69 Å². The zero-order chi connectivity index (χ0) is 22.3. The van der Waals surface area contributed by atoms with Crippen molar-refractivity contribution in [2.24, 2.45) is 7.05 Å². The molecule has 0 saturated carbocycles. The van der Waals surface area contributed by atoms with Gasteiger partial charge in [-0.25, -0.2) is 23.1 Å². The number of rotatable bonds is 5. The number of imidazole rings is 1. The van der Waals surface area contributed by atoms with Gasteiger partial charge in [0, 0.05) is 61.2 Å². The average molecular weight is 472 g/mol. The minimum absolute atomic E-state index is 0.165. The van der Waals surface area contributed by atoms with Gasteiger partial charge in [-0.15, -0.1) is 0 Å². The maximum Gasteiger partial charge on any atom is 0.244 e. The molecule has 0 spiro atoms. The minimum atomic E-state index is -3.64. The van der Waals surface area contributed by atoms with Crippen molar-refractivity contribution in [1.29, 1.82) is 0 Å². The molecule has 1 unspecified atom stereocenters. The van der Waals surface area contributed by atoms with Crippen LogP contribution in [0.15, 0.2) is 60.3 Å². The van der Waals surface area contributed by atoms with Crippen LogP contribution in [-0.4, -0.2) is 51.9 Å². The lowest BCUT2D eigenvalue weighted by molar-refractivity contribution is 0.464. The van der Waals surface area contributed by atoms with Gasteiger partial charge in [0.25, 0.3) is 0 Å². The molecule has 1 aliphatic rings. The van der Waals surface area contributed by atoms with Crippen LogP contribution < -0.4 is 9.62 Å². The number of pyridine rings is 1. The number of fused-ring (bicyclic) bond motifs is 1. The lowest BCUT2D eigenvalue weighted by Crippen LogP contribution is -2.48. The Bertz CT molecular complexity index is 1370. The first-order valence-corrected chi connectivity index (χ1v) is 12.1. The zero-order valence-corrected chi connectivity index (χ0v) is 19.0. The van der Waals surface area contributed by atoms with Crippen molar-refractivity contribution in [1.82, 2.24) is 29.0 Å². The van der Waals surface area contributed by atoms with E-state index in [1.54, 1.807) is 19.6 Å². The van der Waals surface area contributed by atoms with Gasteiger partial charge in [0.15, 0.2) is 0 Å². The van der Waals surface area contributed by atoms with E-state index in [2.05, 4.69) is 19.7 Å². The topological polar surface area (TPSA) is 97.9 Å². The SMILES string of the molecule is Cn1cc(S(=O)(=O)NC2CCCN(c3cc(-n4ccnc4)c4ccc(Cl)cc4n3)C2)cn1. The Morgan fingerprint density at radius 1 is 1.25 bits per heavy atom. The standard InChI is InChI=1S/C21H22ClN7O2S/c1-27-13-17(11-24-27)32(30,31)26-16-3-2-7-28(12-16)21-10-20(29-8-6-23-14-29)18-5-4-15(22)9-19(18)25-21/h4-6,8-11,13-14,16,26H,2-3,7,12H2,1H3. The van der Waals surface area contributed by atoms with Gasteiger partial charge in [-0.05, 0) is 31.0 Å². The first kappa shape index (κ1) is 20.9. The van der Waals surface area contributed by atoms with Crippen LogP contribution in [0.1, 0.15) is 12.8 Å². The van der Waals surface area contributed by atoms with E-state index in [0.29, 0.717) is 11.6 Å². The second-order valence-electron chi connectivity index (χ2n) is 7.89. The van der Waals surface area contributed by atoms with E-state index in [1.165, 1.54) is 17.1 Å². The second-order valence-corrected chi connectivity index (χ2v) is 10.0. The summed E-state index contributed by atoms with van der Waals surface area (Å²) < 4.78 is 31.8. The quantitative estimate of drug-likeness (QED) is 0.480. The van der Waals surface area contributed by atoms with Gasteiger partial charge in [-0.3, -0.25) is 4.68 Å². The molecule has 1 aromatic carbocycles. The first-order valence-electron chi connectivity index (χ1n) is 10.2. The van der Waals surface area contributed by atoms with Crippen LogP contribution in [-0.2, 0) is 17.1 Å². The molecule has 0 bridgehead atoms. The Balaban J connectivity index is 1.46. The summed E-state index contributed by atoms with van der Waals surface area (Å²) in [6.45, 7) is 1.30. The van der Waals surface area contributed by atoms with E-state index < -0.39 is 10.0 Å². The maximum absolute atomic E-state index is 12.8. The second kappa shape index (κ2) is 8.19. The van der Waals surface area contributed by atoms with Crippen molar-refractivity contribution in [2.75, 3.05) is 18.0 Å².